The van der Waals surface area contributed by atoms with E-state index in [0.29, 0.717) is 30.2 Å². The first-order valence-corrected chi connectivity index (χ1v) is 13.7. The third-order valence-electron chi connectivity index (χ3n) is 7.04. The molecule has 12 heteroatoms. The quantitative estimate of drug-likeness (QED) is 0.452. The fourth-order valence-corrected chi connectivity index (χ4v) is 7.70. The van der Waals surface area contributed by atoms with Crippen LogP contribution in [0.4, 0.5) is 0 Å². The molecular formula is C24H28N8O2S2. The zero-order valence-corrected chi connectivity index (χ0v) is 21.9. The van der Waals surface area contributed by atoms with Gasteiger partial charge < -0.3 is 15.1 Å². The maximum atomic E-state index is 12.9. The minimum atomic E-state index is -0.692. The zero-order valence-electron chi connectivity index (χ0n) is 20.3. The molecule has 36 heavy (non-hydrogen) atoms. The van der Waals surface area contributed by atoms with Gasteiger partial charge in [0.1, 0.15) is 6.04 Å². The highest BCUT2D eigenvalue weighted by Gasteiger charge is 2.46. The Hall–Kier alpha value is -3.14. The number of aryl methyl sites for hydroxylation is 2. The van der Waals surface area contributed by atoms with Crippen LogP contribution in [-0.2, 0) is 23.1 Å². The van der Waals surface area contributed by atoms with Crippen molar-refractivity contribution in [2.45, 2.75) is 43.6 Å². The summed E-state index contributed by atoms with van der Waals surface area (Å²) < 4.78 is 0. The molecule has 188 valence electrons. The third-order valence-corrected chi connectivity index (χ3v) is 9.35. The van der Waals surface area contributed by atoms with E-state index in [1.807, 2.05) is 6.07 Å². The number of thiophene rings is 2. The van der Waals surface area contributed by atoms with Gasteiger partial charge in [-0.3, -0.25) is 9.59 Å². The molecule has 1 aliphatic heterocycles. The fraction of sp³-hybridized carbons (Fsp3) is 0.500. The van der Waals surface area contributed by atoms with Crippen molar-refractivity contribution in [3.05, 3.63) is 49.1 Å². The Kier molecular flexibility index (Phi) is 6.87. The lowest BCUT2D eigenvalue weighted by atomic mass is 9.75. The van der Waals surface area contributed by atoms with Crippen molar-refractivity contribution in [3.63, 3.8) is 0 Å². The number of H-pyrrole nitrogens is 1. The van der Waals surface area contributed by atoms with E-state index in [9.17, 15) is 14.9 Å². The van der Waals surface area contributed by atoms with E-state index < -0.39 is 5.41 Å². The van der Waals surface area contributed by atoms with Gasteiger partial charge in [-0.15, -0.1) is 32.9 Å². The van der Waals surface area contributed by atoms with Crippen molar-refractivity contribution in [1.29, 1.82) is 5.26 Å². The number of aromatic nitrogens is 4. The number of aromatic amines is 1. The molecule has 0 aromatic carbocycles. The largest absolute Gasteiger partial charge is 0.344 e. The maximum absolute atomic E-state index is 12.9. The van der Waals surface area contributed by atoms with Crippen molar-refractivity contribution in [3.8, 4) is 6.07 Å². The molecule has 1 saturated heterocycles. The normalized spacial score (nSPS) is 20.9. The van der Waals surface area contributed by atoms with Crippen molar-refractivity contribution in [1.82, 2.24) is 35.7 Å². The molecule has 0 saturated carbocycles. The maximum Gasteiger partial charge on any atom is 0.263 e. The summed E-state index contributed by atoms with van der Waals surface area (Å²) >= 11 is 3.22. The van der Waals surface area contributed by atoms with Crippen LogP contribution in [0.5, 0.6) is 0 Å². The monoisotopic (exact) mass is 524 g/mol. The molecule has 2 atom stereocenters. The van der Waals surface area contributed by atoms with Gasteiger partial charge in [-0.25, -0.2) is 0 Å². The summed E-state index contributed by atoms with van der Waals surface area (Å²) in [5.41, 5.74) is 1.57. The number of likely N-dealkylation sites (tertiary alicyclic amines) is 1. The van der Waals surface area contributed by atoms with Crippen molar-refractivity contribution in [2.24, 2.45) is 0 Å². The predicted molar refractivity (Wildman–Crippen MR) is 136 cm³/mol. The Bertz CT molecular complexity index is 1290. The van der Waals surface area contributed by atoms with Gasteiger partial charge in [0, 0.05) is 30.4 Å². The molecule has 5 rings (SSSR count). The van der Waals surface area contributed by atoms with Crippen LogP contribution in [0.3, 0.4) is 0 Å². The molecule has 1 aliphatic carbocycles. The first kappa shape index (κ1) is 24.5. The second-order valence-electron chi connectivity index (χ2n) is 9.36. The van der Waals surface area contributed by atoms with Crippen LogP contribution in [-0.4, -0.2) is 82.0 Å². The topological polar surface area (TPSA) is 131 Å². The molecule has 2 N–H and O–H groups in total. The van der Waals surface area contributed by atoms with E-state index >= 15 is 0 Å². The number of hydrogen-bond acceptors (Lipinski definition) is 9. The number of nitrogens with one attached hydrogen (secondary N) is 2. The Labute approximate surface area is 217 Å². The number of tetrazole rings is 1. The summed E-state index contributed by atoms with van der Waals surface area (Å²) in [6.45, 7) is 1.32. The second-order valence-corrected chi connectivity index (χ2v) is 11.4. The number of nitrogens with zero attached hydrogens (tertiary/aromatic N) is 6. The number of fused-ring (bicyclic) bond motifs is 2. The molecule has 0 radical (unpaired) electrons. The van der Waals surface area contributed by atoms with Gasteiger partial charge in [0.15, 0.2) is 5.82 Å². The zero-order chi connectivity index (χ0) is 25.3. The molecular weight excluding hydrogens is 496 g/mol. The van der Waals surface area contributed by atoms with Crippen LogP contribution in [0.1, 0.15) is 55.6 Å². The Morgan fingerprint density at radius 3 is 3.00 bits per heavy atom. The molecule has 2 amide bonds. The van der Waals surface area contributed by atoms with Gasteiger partial charge in [0.05, 0.1) is 22.9 Å². The van der Waals surface area contributed by atoms with E-state index in [2.05, 4.69) is 43.5 Å². The lowest BCUT2D eigenvalue weighted by Crippen LogP contribution is -2.42. The molecule has 2 aliphatic rings. The smallest absolute Gasteiger partial charge is 0.263 e. The minimum Gasteiger partial charge on any atom is -0.344 e. The molecule has 1 unspecified atom stereocenters. The van der Waals surface area contributed by atoms with E-state index in [1.165, 1.54) is 16.2 Å². The Morgan fingerprint density at radius 1 is 1.39 bits per heavy atom. The highest BCUT2D eigenvalue weighted by Crippen LogP contribution is 2.50. The third kappa shape index (κ3) is 4.21. The summed E-state index contributed by atoms with van der Waals surface area (Å²) in [4.78, 5) is 31.9. The molecule has 0 spiro atoms. The lowest BCUT2D eigenvalue weighted by molar-refractivity contribution is -0.130. The molecule has 4 heterocycles. The number of amides is 2. The molecule has 10 nitrogen and oxygen atoms in total. The highest BCUT2D eigenvalue weighted by molar-refractivity contribution is 7.14. The second kappa shape index (κ2) is 10.1. The van der Waals surface area contributed by atoms with Crippen LogP contribution in [0.2, 0.25) is 0 Å². The highest BCUT2D eigenvalue weighted by atomic mass is 32.1. The van der Waals surface area contributed by atoms with Gasteiger partial charge in [-0.2, -0.15) is 10.5 Å². The van der Waals surface area contributed by atoms with Crippen molar-refractivity contribution in [2.75, 3.05) is 33.7 Å². The summed E-state index contributed by atoms with van der Waals surface area (Å²) in [6, 6.07) is 6.04. The van der Waals surface area contributed by atoms with Gasteiger partial charge in [0.25, 0.3) is 5.91 Å². The summed E-state index contributed by atoms with van der Waals surface area (Å²) in [5, 5.41) is 30.1. The summed E-state index contributed by atoms with van der Waals surface area (Å²) in [7, 11) is 3.52. The van der Waals surface area contributed by atoms with E-state index in [4.69, 9.17) is 0 Å². The predicted octanol–water partition coefficient (Wildman–Crippen LogP) is 1.95. The first-order valence-electron chi connectivity index (χ1n) is 12.0. The van der Waals surface area contributed by atoms with Crippen LogP contribution in [0.25, 0.3) is 0 Å². The summed E-state index contributed by atoms with van der Waals surface area (Å²) in [5.74, 6) is 0.482. The SMILES string of the molecule is CN(C)C(=O)c1cc2c(s1)C(CCNCC(=O)N1CCC[C@H]1C#N)(c1nn[nH]n1)c1ccsc1CC2. The average Bonchev–Trinajstić information content (AvgIpc) is 3.68. The number of carbonyl (C=O) groups is 2. The standard InChI is InChI=1S/C24H28N8O2S2/c1-31(2)22(34)19-12-15-5-6-18-17(7-11-35-18)24(21(15)36-19,23-27-29-30-28-23)8-9-26-14-20(33)32-10-3-4-16(32)13-25/h7,11-12,16,26H,3-6,8-10,14H2,1-2H3,(H,27,28,29,30)/t16-,24?/m0/s1. The number of hydrogen-bond donors (Lipinski definition) is 2. The van der Waals surface area contributed by atoms with E-state index in [-0.39, 0.29) is 24.4 Å². The van der Waals surface area contributed by atoms with Crippen molar-refractivity contribution < 1.29 is 9.59 Å². The van der Waals surface area contributed by atoms with Crippen LogP contribution >= 0.6 is 22.7 Å². The molecule has 1 fully saturated rings. The van der Waals surface area contributed by atoms with E-state index in [1.54, 1.807) is 35.2 Å². The van der Waals surface area contributed by atoms with Gasteiger partial charge in [0.2, 0.25) is 5.91 Å². The van der Waals surface area contributed by atoms with Gasteiger partial charge in [-0.05, 0) is 67.3 Å². The Balaban J connectivity index is 1.47. The van der Waals surface area contributed by atoms with Crippen LogP contribution in [0.15, 0.2) is 17.5 Å². The number of rotatable bonds is 7. The van der Waals surface area contributed by atoms with Gasteiger partial charge >= 0.3 is 0 Å². The number of nitriles is 1. The van der Waals surface area contributed by atoms with Crippen LogP contribution in [0, 0.1) is 11.3 Å². The average molecular weight is 525 g/mol. The molecule has 3 aromatic rings. The Morgan fingerprint density at radius 2 is 2.25 bits per heavy atom. The minimum absolute atomic E-state index is 0.0259. The first-order chi connectivity index (χ1) is 17.5. The molecule has 3 aromatic heterocycles. The van der Waals surface area contributed by atoms with Gasteiger partial charge in [-0.1, -0.05) is 5.21 Å². The summed E-state index contributed by atoms with van der Waals surface area (Å²) in [6.07, 6.45) is 3.90. The van der Waals surface area contributed by atoms with E-state index in [0.717, 1.165) is 41.7 Å². The fourth-order valence-electron chi connectivity index (χ4n) is 5.28. The van der Waals surface area contributed by atoms with Crippen LogP contribution < -0.4 is 5.32 Å². The lowest BCUT2D eigenvalue weighted by Gasteiger charge is -2.31. The molecule has 0 bridgehead atoms. The number of carbonyl (C=O) groups excluding carboxylic acids is 2. The van der Waals surface area contributed by atoms with Crippen molar-refractivity contribution >= 4 is 34.5 Å².